The monoisotopic (exact) mass is 346 g/mol. The molecule has 1 unspecified atom stereocenters. The SMILES string of the molecule is [N-]=[N+]=NCC(O)c1ccc(NS(=O)(=O)CCc2ccccc2)cc1. The second-order valence-electron chi connectivity index (χ2n) is 5.21. The zero-order valence-corrected chi connectivity index (χ0v) is 13.7. The first-order chi connectivity index (χ1) is 11.5. The van der Waals surface area contributed by atoms with Crippen molar-refractivity contribution in [3.63, 3.8) is 0 Å². The molecule has 2 rings (SSSR count). The van der Waals surface area contributed by atoms with Crippen LogP contribution in [-0.2, 0) is 16.4 Å². The maximum atomic E-state index is 12.1. The maximum absolute atomic E-state index is 12.1. The molecular formula is C16H18N4O3S. The summed E-state index contributed by atoms with van der Waals surface area (Å²) in [5, 5.41) is 13.1. The number of aliphatic hydroxyl groups is 1. The van der Waals surface area contributed by atoms with Crippen LogP contribution in [0.5, 0.6) is 0 Å². The summed E-state index contributed by atoms with van der Waals surface area (Å²) in [6.07, 6.45) is -0.483. The molecule has 8 heteroatoms. The van der Waals surface area contributed by atoms with Crippen molar-refractivity contribution >= 4 is 15.7 Å². The molecule has 2 aromatic rings. The summed E-state index contributed by atoms with van der Waals surface area (Å²) in [6.45, 7) is -0.0708. The van der Waals surface area contributed by atoms with Gasteiger partial charge >= 0.3 is 0 Å². The normalized spacial score (nSPS) is 12.2. The third kappa shape index (κ3) is 5.58. The van der Waals surface area contributed by atoms with Crippen LogP contribution in [0.1, 0.15) is 17.2 Å². The molecule has 0 aliphatic carbocycles. The number of hydrogen-bond donors (Lipinski definition) is 2. The van der Waals surface area contributed by atoms with Gasteiger partial charge in [-0.1, -0.05) is 47.6 Å². The Hall–Kier alpha value is -2.54. The standard InChI is InChI=1S/C16H18N4O3S/c17-20-18-12-16(21)14-6-8-15(9-7-14)19-24(22,23)11-10-13-4-2-1-3-5-13/h1-9,16,19,21H,10-12H2. The Morgan fingerprint density at radius 3 is 2.42 bits per heavy atom. The molecular weight excluding hydrogens is 328 g/mol. The van der Waals surface area contributed by atoms with E-state index in [9.17, 15) is 13.5 Å². The number of nitrogens with one attached hydrogen (secondary N) is 1. The van der Waals surface area contributed by atoms with E-state index in [0.29, 0.717) is 17.7 Å². The van der Waals surface area contributed by atoms with E-state index in [-0.39, 0.29) is 12.3 Å². The quantitative estimate of drug-likeness (QED) is 0.435. The highest BCUT2D eigenvalue weighted by Gasteiger charge is 2.12. The number of hydrogen-bond acceptors (Lipinski definition) is 4. The maximum Gasteiger partial charge on any atom is 0.233 e. The minimum atomic E-state index is -3.46. The van der Waals surface area contributed by atoms with Crippen LogP contribution in [0, 0.1) is 0 Å². The highest BCUT2D eigenvalue weighted by atomic mass is 32.2. The molecule has 2 aromatic carbocycles. The lowest BCUT2D eigenvalue weighted by atomic mass is 10.1. The van der Waals surface area contributed by atoms with Crippen LogP contribution in [0.3, 0.4) is 0 Å². The molecule has 1 atom stereocenters. The predicted molar refractivity (Wildman–Crippen MR) is 93.0 cm³/mol. The molecule has 2 N–H and O–H groups in total. The van der Waals surface area contributed by atoms with Gasteiger partial charge in [-0.2, -0.15) is 0 Å². The Morgan fingerprint density at radius 1 is 1.12 bits per heavy atom. The number of sulfonamides is 1. The zero-order valence-electron chi connectivity index (χ0n) is 12.9. The van der Waals surface area contributed by atoms with Crippen molar-refractivity contribution in [2.75, 3.05) is 17.0 Å². The fourth-order valence-corrected chi connectivity index (χ4v) is 3.22. The van der Waals surface area contributed by atoms with Crippen molar-refractivity contribution in [2.45, 2.75) is 12.5 Å². The minimum absolute atomic E-state index is 0.0156. The molecule has 0 heterocycles. The van der Waals surface area contributed by atoms with Gasteiger partial charge < -0.3 is 5.11 Å². The minimum Gasteiger partial charge on any atom is -0.388 e. The van der Waals surface area contributed by atoms with Gasteiger partial charge in [0.25, 0.3) is 0 Å². The summed E-state index contributed by atoms with van der Waals surface area (Å²) in [5.74, 6) is -0.0156. The van der Waals surface area contributed by atoms with Crippen LogP contribution >= 0.6 is 0 Å². The highest BCUT2D eigenvalue weighted by Crippen LogP contribution is 2.18. The fourth-order valence-electron chi connectivity index (χ4n) is 2.12. The predicted octanol–water partition coefficient (Wildman–Crippen LogP) is 3.01. The third-order valence-corrected chi connectivity index (χ3v) is 4.68. The molecule has 0 saturated heterocycles. The summed E-state index contributed by atoms with van der Waals surface area (Å²) in [5.41, 5.74) is 10.2. The van der Waals surface area contributed by atoms with Gasteiger partial charge in [0, 0.05) is 10.6 Å². The number of nitrogens with zero attached hydrogens (tertiary/aromatic N) is 3. The van der Waals surface area contributed by atoms with E-state index in [1.807, 2.05) is 30.3 Å². The number of aliphatic hydroxyl groups excluding tert-OH is 1. The van der Waals surface area contributed by atoms with E-state index in [1.165, 1.54) is 0 Å². The van der Waals surface area contributed by atoms with Crippen LogP contribution in [0.2, 0.25) is 0 Å². The molecule has 126 valence electrons. The number of rotatable bonds is 8. The van der Waals surface area contributed by atoms with E-state index >= 15 is 0 Å². The first-order valence-electron chi connectivity index (χ1n) is 7.33. The van der Waals surface area contributed by atoms with E-state index in [1.54, 1.807) is 24.3 Å². The van der Waals surface area contributed by atoms with Crippen molar-refractivity contribution in [1.82, 2.24) is 0 Å². The van der Waals surface area contributed by atoms with E-state index in [4.69, 9.17) is 5.53 Å². The average Bonchev–Trinajstić information content (AvgIpc) is 2.59. The number of azide groups is 1. The van der Waals surface area contributed by atoms with Crippen molar-refractivity contribution in [3.8, 4) is 0 Å². The van der Waals surface area contributed by atoms with Crippen molar-refractivity contribution in [2.24, 2.45) is 5.11 Å². The molecule has 0 radical (unpaired) electrons. The Morgan fingerprint density at radius 2 is 1.79 bits per heavy atom. The van der Waals surface area contributed by atoms with E-state index in [0.717, 1.165) is 5.56 Å². The van der Waals surface area contributed by atoms with Crippen LogP contribution in [0.25, 0.3) is 10.4 Å². The Bertz CT molecular complexity index is 801. The van der Waals surface area contributed by atoms with Crippen LogP contribution < -0.4 is 4.72 Å². The van der Waals surface area contributed by atoms with Gasteiger partial charge in [-0.15, -0.1) is 0 Å². The largest absolute Gasteiger partial charge is 0.388 e. The van der Waals surface area contributed by atoms with Gasteiger partial charge in [0.15, 0.2) is 0 Å². The lowest BCUT2D eigenvalue weighted by molar-refractivity contribution is 0.187. The lowest BCUT2D eigenvalue weighted by Gasteiger charge is -2.11. The van der Waals surface area contributed by atoms with Crippen LogP contribution in [0.4, 0.5) is 5.69 Å². The van der Waals surface area contributed by atoms with Crippen molar-refractivity contribution < 1.29 is 13.5 Å². The highest BCUT2D eigenvalue weighted by molar-refractivity contribution is 7.92. The number of benzene rings is 2. The summed E-state index contributed by atoms with van der Waals surface area (Å²) < 4.78 is 26.7. The van der Waals surface area contributed by atoms with Gasteiger partial charge in [0.2, 0.25) is 10.0 Å². The molecule has 0 aliphatic rings. The molecule has 0 spiro atoms. The first kappa shape index (κ1) is 17.8. The van der Waals surface area contributed by atoms with Gasteiger partial charge in [0.1, 0.15) is 0 Å². The summed E-state index contributed by atoms with van der Waals surface area (Å²) in [7, 11) is -3.46. The van der Waals surface area contributed by atoms with Crippen molar-refractivity contribution in [1.29, 1.82) is 0 Å². The smallest absolute Gasteiger partial charge is 0.233 e. The van der Waals surface area contributed by atoms with Gasteiger partial charge in [-0.05, 0) is 35.2 Å². The topological polar surface area (TPSA) is 115 Å². The van der Waals surface area contributed by atoms with Gasteiger partial charge in [0.05, 0.1) is 18.4 Å². The number of aryl methyl sites for hydroxylation is 1. The Balaban J connectivity index is 1.95. The summed E-state index contributed by atoms with van der Waals surface area (Å²) in [4.78, 5) is 2.59. The molecule has 0 aromatic heterocycles. The number of anilines is 1. The summed E-state index contributed by atoms with van der Waals surface area (Å²) in [6, 6.07) is 15.7. The molecule has 24 heavy (non-hydrogen) atoms. The van der Waals surface area contributed by atoms with Gasteiger partial charge in [-0.3, -0.25) is 4.72 Å². The van der Waals surface area contributed by atoms with E-state index in [2.05, 4.69) is 14.7 Å². The molecule has 0 fully saturated rings. The van der Waals surface area contributed by atoms with Crippen molar-refractivity contribution in [3.05, 3.63) is 76.2 Å². The lowest BCUT2D eigenvalue weighted by Crippen LogP contribution is -2.18. The average molecular weight is 346 g/mol. The fraction of sp³-hybridized carbons (Fsp3) is 0.250. The Kier molecular flexibility index (Phi) is 6.20. The Labute approximate surface area is 140 Å². The van der Waals surface area contributed by atoms with Crippen LogP contribution in [-0.4, -0.2) is 25.8 Å². The second-order valence-corrected chi connectivity index (χ2v) is 7.05. The first-order valence-corrected chi connectivity index (χ1v) is 8.99. The second kappa shape index (κ2) is 8.35. The third-order valence-electron chi connectivity index (χ3n) is 3.39. The zero-order chi connectivity index (χ0) is 17.4. The molecule has 7 nitrogen and oxygen atoms in total. The van der Waals surface area contributed by atoms with Crippen LogP contribution in [0.15, 0.2) is 59.7 Å². The van der Waals surface area contributed by atoms with Gasteiger partial charge in [-0.25, -0.2) is 8.42 Å². The molecule has 0 aliphatic heterocycles. The molecule has 0 amide bonds. The summed E-state index contributed by atoms with van der Waals surface area (Å²) >= 11 is 0. The molecule has 0 saturated carbocycles. The van der Waals surface area contributed by atoms with E-state index < -0.39 is 16.1 Å². The molecule has 0 bridgehead atoms.